The van der Waals surface area contributed by atoms with E-state index in [1.54, 1.807) is 18.5 Å². The number of amides is 1. The second kappa shape index (κ2) is 7.68. The molecule has 0 atom stereocenters. The molecule has 0 bridgehead atoms. The van der Waals surface area contributed by atoms with E-state index in [0.717, 1.165) is 28.8 Å². The first kappa shape index (κ1) is 17.4. The number of pyridine rings is 1. The van der Waals surface area contributed by atoms with E-state index < -0.39 is 0 Å². The average Bonchev–Trinajstić information content (AvgIpc) is 2.73. The molecule has 0 radical (unpaired) electrons. The third-order valence-corrected chi connectivity index (χ3v) is 4.89. The Kier molecular flexibility index (Phi) is 4.94. The molecule has 0 fully saturated rings. The van der Waals surface area contributed by atoms with E-state index in [2.05, 4.69) is 15.6 Å². The van der Waals surface area contributed by atoms with Crippen molar-refractivity contribution in [1.82, 2.24) is 15.6 Å². The molecule has 3 aromatic rings. The topological polar surface area (TPSA) is 54.0 Å². The predicted octanol–water partition coefficient (Wildman–Crippen LogP) is 3.46. The highest BCUT2D eigenvalue weighted by Crippen LogP contribution is 2.22. The van der Waals surface area contributed by atoms with Gasteiger partial charge in [0.15, 0.2) is 0 Å². The van der Waals surface area contributed by atoms with Crippen LogP contribution >= 0.6 is 0 Å². The first-order valence-electron chi connectivity index (χ1n) is 9.01. The number of fused-ring (bicyclic) bond motifs is 1. The van der Waals surface area contributed by atoms with Crippen molar-refractivity contribution in [1.29, 1.82) is 0 Å². The van der Waals surface area contributed by atoms with Gasteiger partial charge in [0.2, 0.25) is 0 Å². The number of hydrogen-bond donors (Lipinski definition) is 2. The van der Waals surface area contributed by atoms with E-state index >= 15 is 0 Å². The number of aromatic nitrogens is 1. The number of carbonyl (C=O) groups is 1. The molecule has 0 unspecified atom stereocenters. The van der Waals surface area contributed by atoms with Crippen molar-refractivity contribution < 1.29 is 9.18 Å². The van der Waals surface area contributed by atoms with Crippen molar-refractivity contribution >= 4 is 5.91 Å². The van der Waals surface area contributed by atoms with Crippen LogP contribution < -0.4 is 10.6 Å². The van der Waals surface area contributed by atoms with Gasteiger partial charge >= 0.3 is 0 Å². The number of rotatable bonds is 4. The lowest BCUT2D eigenvalue weighted by Gasteiger charge is -2.20. The Balaban J connectivity index is 1.46. The van der Waals surface area contributed by atoms with Gasteiger partial charge in [0.1, 0.15) is 5.82 Å². The molecule has 0 aliphatic carbocycles. The monoisotopic (exact) mass is 361 g/mol. The highest BCUT2D eigenvalue weighted by molar-refractivity contribution is 5.96. The molecule has 1 aromatic heterocycles. The summed E-state index contributed by atoms with van der Waals surface area (Å²) in [6.07, 6.45) is 4.20. The van der Waals surface area contributed by atoms with Crippen molar-refractivity contribution in [3.05, 3.63) is 89.0 Å². The standard InChI is InChI=1S/C22H20FN3O/c23-21-6-5-19(18-9-12-25-14-20(18)21)22(27)26-13-15-1-3-16(4-2-15)17-7-10-24-11-8-17/h1-8,10-11,25H,9,12-14H2,(H,26,27). The second-order valence-corrected chi connectivity index (χ2v) is 6.59. The molecular formula is C22H20FN3O. The molecule has 1 amide bonds. The molecule has 4 rings (SSSR count). The minimum Gasteiger partial charge on any atom is -0.348 e. The van der Waals surface area contributed by atoms with Crippen LogP contribution in [0.5, 0.6) is 0 Å². The maximum absolute atomic E-state index is 14.0. The lowest BCUT2D eigenvalue weighted by atomic mass is 9.94. The van der Waals surface area contributed by atoms with Gasteiger partial charge in [0.05, 0.1) is 0 Å². The summed E-state index contributed by atoms with van der Waals surface area (Å²) < 4.78 is 14.0. The first-order valence-corrected chi connectivity index (χ1v) is 9.01. The molecule has 27 heavy (non-hydrogen) atoms. The van der Waals surface area contributed by atoms with Gasteiger partial charge in [-0.05, 0) is 59.5 Å². The van der Waals surface area contributed by atoms with Crippen LogP contribution in [-0.4, -0.2) is 17.4 Å². The third kappa shape index (κ3) is 3.73. The largest absolute Gasteiger partial charge is 0.348 e. The normalized spacial score (nSPS) is 13.1. The Hall–Kier alpha value is -3.05. The first-order chi connectivity index (χ1) is 13.2. The van der Waals surface area contributed by atoms with Crippen LogP contribution in [-0.2, 0) is 19.5 Å². The zero-order valence-corrected chi connectivity index (χ0v) is 14.8. The Morgan fingerprint density at radius 2 is 1.74 bits per heavy atom. The van der Waals surface area contributed by atoms with E-state index in [1.807, 2.05) is 36.4 Å². The SMILES string of the molecule is O=C(NCc1ccc(-c2ccncc2)cc1)c1ccc(F)c2c1CCNC2. The van der Waals surface area contributed by atoms with Crippen LogP contribution in [0, 0.1) is 5.82 Å². The molecule has 5 heteroatoms. The Morgan fingerprint density at radius 1 is 1.00 bits per heavy atom. The Labute approximate surface area is 157 Å². The van der Waals surface area contributed by atoms with Crippen molar-refractivity contribution in [2.75, 3.05) is 6.54 Å². The number of nitrogens with zero attached hydrogens (tertiary/aromatic N) is 1. The van der Waals surface area contributed by atoms with E-state index in [0.29, 0.717) is 30.6 Å². The second-order valence-electron chi connectivity index (χ2n) is 6.59. The molecule has 136 valence electrons. The van der Waals surface area contributed by atoms with E-state index in [9.17, 15) is 9.18 Å². The van der Waals surface area contributed by atoms with Crippen molar-refractivity contribution in [3.8, 4) is 11.1 Å². The third-order valence-electron chi connectivity index (χ3n) is 4.89. The summed E-state index contributed by atoms with van der Waals surface area (Å²) in [6.45, 7) is 1.66. The molecule has 0 saturated carbocycles. The number of nitrogens with one attached hydrogen (secondary N) is 2. The van der Waals surface area contributed by atoms with Crippen LogP contribution in [0.15, 0.2) is 60.9 Å². The van der Waals surface area contributed by atoms with Crippen LogP contribution in [0.4, 0.5) is 4.39 Å². The summed E-state index contributed by atoms with van der Waals surface area (Å²) in [4.78, 5) is 16.7. The highest BCUT2D eigenvalue weighted by atomic mass is 19.1. The maximum Gasteiger partial charge on any atom is 0.251 e. The summed E-state index contributed by atoms with van der Waals surface area (Å²) in [6, 6.07) is 14.9. The summed E-state index contributed by atoms with van der Waals surface area (Å²) in [5, 5.41) is 6.10. The lowest BCUT2D eigenvalue weighted by molar-refractivity contribution is 0.0949. The number of benzene rings is 2. The summed E-state index contributed by atoms with van der Waals surface area (Å²) in [7, 11) is 0. The van der Waals surface area contributed by atoms with Crippen LogP contribution in [0.25, 0.3) is 11.1 Å². The van der Waals surface area contributed by atoms with Gasteiger partial charge in [0, 0.05) is 36.6 Å². The van der Waals surface area contributed by atoms with Crippen LogP contribution in [0.1, 0.15) is 27.0 Å². The highest BCUT2D eigenvalue weighted by Gasteiger charge is 2.20. The molecule has 4 nitrogen and oxygen atoms in total. The number of carbonyl (C=O) groups excluding carboxylic acids is 1. The zero-order chi connectivity index (χ0) is 18.6. The van der Waals surface area contributed by atoms with Crippen LogP contribution in [0.2, 0.25) is 0 Å². The molecule has 0 saturated heterocycles. The Morgan fingerprint density at radius 3 is 2.52 bits per heavy atom. The van der Waals surface area contributed by atoms with Crippen LogP contribution in [0.3, 0.4) is 0 Å². The molecule has 1 aliphatic rings. The lowest BCUT2D eigenvalue weighted by Crippen LogP contribution is -2.30. The molecule has 2 N–H and O–H groups in total. The quantitative estimate of drug-likeness (QED) is 0.748. The van der Waals surface area contributed by atoms with Crippen molar-refractivity contribution in [3.63, 3.8) is 0 Å². The minimum absolute atomic E-state index is 0.161. The fourth-order valence-electron chi connectivity index (χ4n) is 3.42. The van der Waals surface area contributed by atoms with Gasteiger partial charge in [-0.15, -0.1) is 0 Å². The number of hydrogen-bond acceptors (Lipinski definition) is 3. The van der Waals surface area contributed by atoms with Gasteiger partial charge in [-0.1, -0.05) is 24.3 Å². The van der Waals surface area contributed by atoms with E-state index in [-0.39, 0.29) is 11.7 Å². The van der Waals surface area contributed by atoms with Crippen molar-refractivity contribution in [2.24, 2.45) is 0 Å². The Bertz CT molecular complexity index is 955. The van der Waals surface area contributed by atoms with Gasteiger partial charge in [-0.3, -0.25) is 9.78 Å². The van der Waals surface area contributed by atoms with Gasteiger partial charge in [0.25, 0.3) is 5.91 Å². The molecule has 1 aliphatic heterocycles. The smallest absolute Gasteiger partial charge is 0.251 e. The average molecular weight is 361 g/mol. The zero-order valence-electron chi connectivity index (χ0n) is 14.8. The summed E-state index contributed by atoms with van der Waals surface area (Å²) in [5.41, 5.74) is 5.22. The van der Waals surface area contributed by atoms with Gasteiger partial charge < -0.3 is 10.6 Å². The van der Waals surface area contributed by atoms with E-state index in [4.69, 9.17) is 0 Å². The van der Waals surface area contributed by atoms with Gasteiger partial charge in [-0.25, -0.2) is 4.39 Å². The predicted molar refractivity (Wildman–Crippen MR) is 103 cm³/mol. The fourth-order valence-corrected chi connectivity index (χ4v) is 3.42. The summed E-state index contributed by atoms with van der Waals surface area (Å²) >= 11 is 0. The summed E-state index contributed by atoms with van der Waals surface area (Å²) in [5.74, 6) is -0.410. The molecular weight excluding hydrogens is 341 g/mol. The molecule has 2 aromatic carbocycles. The fraction of sp³-hybridized carbons (Fsp3) is 0.182. The van der Waals surface area contributed by atoms with Crippen molar-refractivity contribution in [2.45, 2.75) is 19.5 Å². The van der Waals surface area contributed by atoms with E-state index in [1.165, 1.54) is 6.07 Å². The maximum atomic E-state index is 14.0. The number of halogens is 1. The molecule has 2 heterocycles. The molecule has 0 spiro atoms. The minimum atomic E-state index is -0.250. The van der Waals surface area contributed by atoms with Gasteiger partial charge in [-0.2, -0.15) is 0 Å².